The summed E-state index contributed by atoms with van der Waals surface area (Å²) in [6.07, 6.45) is -3.63. The number of aliphatic hydroxyl groups excluding tert-OH is 2. The normalized spacial score (nSPS) is 14.2. The van der Waals surface area contributed by atoms with Gasteiger partial charge in [-0.1, -0.05) is 6.07 Å². The number of phenolic OH excluding ortho intramolecular Hbond substituents is 2. The summed E-state index contributed by atoms with van der Waals surface area (Å²) >= 11 is 0. The minimum absolute atomic E-state index is 0.319. The molecule has 6 nitrogen and oxygen atoms in total. The van der Waals surface area contributed by atoms with Crippen LogP contribution in [0.3, 0.4) is 0 Å². The number of aromatic hydroxyl groups is 2. The highest BCUT2D eigenvalue weighted by molar-refractivity contribution is 5.75. The fourth-order valence-electron chi connectivity index (χ4n) is 1.25. The maximum Gasteiger partial charge on any atom is 0.337 e. The fraction of sp³-hybridized carbons (Fsp3) is 0.300. The Kier molecular flexibility index (Phi) is 3.70. The van der Waals surface area contributed by atoms with Crippen LogP contribution in [-0.2, 0) is 9.53 Å². The first-order chi connectivity index (χ1) is 7.49. The number of hydrogen-bond donors (Lipinski definition) is 4. The first-order valence-corrected chi connectivity index (χ1v) is 4.43. The summed E-state index contributed by atoms with van der Waals surface area (Å²) in [5.41, 5.74) is -0.319. The number of aliphatic hydroxyl groups is 2. The highest BCUT2D eigenvalue weighted by Crippen LogP contribution is 2.34. The Morgan fingerprint density at radius 1 is 1.25 bits per heavy atom. The van der Waals surface area contributed by atoms with Crippen LogP contribution in [0.25, 0.3) is 0 Å². The molecule has 0 aliphatic rings. The van der Waals surface area contributed by atoms with Gasteiger partial charge in [0.2, 0.25) is 0 Å². The van der Waals surface area contributed by atoms with Gasteiger partial charge < -0.3 is 25.2 Å². The van der Waals surface area contributed by atoms with Gasteiger partial charge in [-0.25, -0.2) is 4.79 Å². The van der Waals surface area contributed by atoms with Crippen molar-refractivity contribution < 1.29 is 30.0 Å². The molecule has 0 heterocycles. The van der Waals surface area contributed by atoms with Gasteiger partial charge >= 0.3 is 5.97 Å². The molecule has 0 aromatic heterocycles. The molecule has 16 heavy (non-hydrogen) atoms. The molecule has 88 valence electrons. The maximum atomic E-state index is 11.0. The number of benzene rings is 1. The highest BCUT2D eigenvalue weighted by atomic mass is 16.5. The van der Waals surface area contributed by atoms with Crippen molar-refractivity contribution in [1.82, 2.24) is 0 Å². The van der Waals surface area contributed by atoms with Gasteiger partial charge in [-0.05, 0) is 12.1 Å². The summed E-state index contributed by atoms with van der Waals surface area (Å²) in [4.78, 5) is 11.0. The van der Waals surface area contributed by atoms with Crippen LogP contribution in [0, 0.1) is 0 Å². The molecule has 0 aliphatic heterocycles. The third kappa shape index (κ3) is 2.23. The van der Waals surface area contributed by atoms with Gasteiger partial charge in [-0.3, -0.25) is 0 Å². The van der Waals surface area contributed by atoms with Gasteiger partial charge in [0, 0.05) is 0 Å². The third-order valence-electron chi connectivity index (χ3n) is 2.10. The van der Waals surface area contributed by atoms with E-state index in [1.807, 2.05) is 0 Å². The van der Waals surface area contributed by atoms with Gasteiger partial charge in [-0.2, -0.15) is 0 Å². The van der Waals surface area contributed by atoms with Crippen LogP contribution in [0.2, 0.25) is 0 Å². The van der Waals surface area contributed by atoms with E-state index < -0.39 is 29.7 Å². The number of ether oxygens (including phenoxy) is 1. The molecule has 0 amide bonds. The topological polar surface area (TPSA) is 107 Å². The maximum absolute atomic E-state index is 11.0. The molecule has 0 radical (unpaired) electrons. The van der Waals surface area contributed by atoms with Crippen molar-refractivity contribution in [1.29, 1.82) is 0 Å². The number of carbonyl (C=O) groups is 1. The quantitative estimate of drug-likeness (QED) is 0.527. The van der Waals surface area contributed by atoms with Gasteiger partial charge in [0.05, 0.1) is 12.7 Å². The van der Waals surface area contributed by atoms with Crippen molar-refractivity contribution in [2.24, 2.45) is 0 Å². The molecule has 2 unspecified atom stereocenters. The minimum atomic E-state index is -1.87. The first-order valence-electron chi connectivity index (χ1n) is 4.43. The average molecular weight is 228 g/mol. The summed E-state index contributed by atoms with van der Waals surface area (Å²) in [5, 5.41) is 37.7. The van der Waals surface area contributed by atoms with Gasteiger partial charge in [0.1, 0.15) is 17.6 Å². The fourth-order valence-corrected chi connectivity index (χ4v) is 1.25. The molecule has 0 aliphatic carbocycles. The molecule has 0 bridgehead atoms. The van der Waals surface area contributed by atoms with Crippen LogP contribution in [0.1, 0.15) is 11.7 Å². The predicted octanol–water partition coefficient (Wildman–Crippen LogP) is -0.335. The van der Waals surface area contributed by atoms with E-state index in [9.17, 15) is 25.2 Å². The van der Waals surface area contributed by atoms with Gasteiger partial charge in [0.15, 0.2) is 6.10 Å². The molecule has 0 spiro atoms. The second-order valence-electron chi connectivity index (χ2n) is 3.12. The Morgan fingerprint density at radius 2 is 1.75 bits per heavy atom. The van der Waals surface area contributed by atoms with Crippen LogP contribution in [0.15, 0.2) is 18.2 Å². The lowest BCUT2D eigenvalue weighted by Crippen LogP contribution is -2.29. The van der Waals surface area contributed by atoms with Crippen molar-refractivity contribution in [3.05, 3.63) is 23.8 Å². The smallest absolute Gasteiger partial charge is 0.337 e. The lowest BCUT2D eigenvalue weighted by Gasteiger charge is -2.17. The summed E-state index contributed by atoms with van der Waals surface area (Å²) < 4.78 is 4.22. The Balaban J connectivity index is 3.04. The minimum Gasteiger partial charge on any atom is -0.507 e. The lowest BCUT2D eigenvalue weighted by atomic mass is 10.0. The van der Waals surface area contributed by atoms with Gasteiger partial charge in [-0.15, -0.1) is 0 Å². The zero-order chi connectivity index (χ0) is 12.3. The standard InChI is InChI=1S/C10H12O6/c1-16-10(15)9(14)8(13)7-5(11)3-2-4-6(7)12/h2-4,8-9,11-14H,1H3. The monoisotopic (exact) mass is 228 g/mol. The molecule has 6 heteroatoms. The second-order valence-corrected chi connectivity index (χ2v) is 3.12. The number of hydrogen-bond acceptors (Lipinski definition) is 6. The number of carbonyl (C=O) groups excluding carboxylic acids is 1. The first kappa shape index (κ1) is 12.3. The number of methoxy groups -OCH3 is 1. The van der Waals surface area contributed by atoms with Crippen LogP contribution >= 0.6 is 0 Å². The van der Waals surface area contributed by atoms with E-state index in [-0.39, 0.29) is 5.56 Å². The summed E-state index contributed by atoms with van der Waals surface area (Å²) in [7, 11) is 1.04. The highest BCUT2D eigenvalue weighted by Gasteiger charge is 2.30. The Morgan fingerprint density at radius 3 is 2.19 bits per heavy atom. The summed E-state index contributed by atoms with van der Waals surface area (Å²) in [6, 6.07) is 3.77. The number of phenols is 2. The molecular weight excluding hydrogens is 216 g/mol. The largest absolute Gasteiger partial charge is 0.507 e. The number of esters is 1. The molecule has 0 saturated carbocycles. The van der Waals surface area contributed by atoms with Crippen molar-refractivity contribution in [2.75, 3.05) is 7.11 Å². The van der Waals surface area contributed by atoms with E-state index >= 15 is 0 Å². The Labute approximate surface area is 91.3 Å². The predicted molar refractivity (Wildman–Crippen MR) is 52.8 cm³/mol. The van der Waals surface area contributed by atoms with Crippen molar-refractivity contribution in [2.45, 2.75) is 12.2 Å². The summed E-state index contributed by atoms with van der Waals surface area (Å²) in [5.74, 6) is -1.90. The van der Waals surface area contributed by atoms with Crippen molar-refractivity contribution in [3.8, 4) is 11.5 Å². The van der Waals surface area contributed by atoms with E-state index in [1.165, 1.54) is 18.2 Å². The molecule has 1 aromatic carbocycles. The van der Waals surface area contributed by atoms with E-state index in [1.54, 1.807) is 0 Å². The second kappa shape index (κ2) is 4.82. The molecule has 1 rings (SSSR count). The van der Waals surface area contributed by atoms with E-state index in [2.05, 4.69) is 4.74 Å². The van der Waals surface area contributed by atoms with Crippen LogP contribution < -0.4 is 0 Å². The Bertz CT molecular complexity index is 369. The van der Waals surface area contributed by atoms with Crippen molar-refractivity contribution >= 4 is 5.97 Å². The third-order valence-corrected chi connectivity index (χ3v) is 2.10. The number of rotatable bonds is 3. The molecule has 1 aromatic rings. The molecule has 2 atom stereocenters. The van der Waals surface area contributed by atoms with Crippen LogP contribution in [-0.4, -0.2) is 39.6 Å². The Hall–Kier alpha value is -1.79. The molecule has 0 saturated heterocycles. The molecule has 4 N–H and O–H groups in total. The lowest BCUT2D eigenvalue weighted by molar-refractivity contribution is -0.156. The average Bonchev–Trinajstić information content (AvgIpc) is 2.26. The molecule has 0 fully saturated rings. The van der Waals surface area contributed by atoms with Crippen molar-refractivity contribution in [3.63, 3.8) is 0 Å². The van der Waals surface area contributed by atoms with Crippen LogP contribution in [0.4, 0.5) is 0 Å². The zero-order valence-corrected chi connectivity index (χ0v) is 8.49. The summed E-state index contributed by atoms with van der Waals surface area (Å²) in [6.45, 7) is 0. The van der Waals surface area contributed by atoms with Gasteiger partial charge in [0.25, 0.3) is 0 Å². The van der Waals surface area contributed by atoms with E-state index in [0.717, 1.165) is 7.11 Å². The molecular formula is C10H12O6. The van der Waals surface area contributed by atoms with E-state index in [0.29, 0.717) is 0 Å². The SMILES string of the molecule is COC(=O)C(O)C(O)c1c(O)cccc1O. The zero-order valence-electron chi connectivity index (χ0n) is 8.49. The van der Waals surface area contributed by atoms with E-state index in [4.69, 9.17) is 0 Å². The van der Waals surface area contributed by atoms with Crippen LogP contribution in [0.5, 0.6) is 11.5 Å².